The van der Waals surface area contributed by atoms with Gasteiger partial charge in [0.2, 0.25) is 0 Å². The van der Waals surface area contributed by atoms with Gasteiger partial charge in [-0.2, -0.15) is 0 Å². The van der Waals surface area contributed by atoms with E-state index < -0.39 is 6.10 Å². The van der Waals surface area contributed by atoms with Crippen LogP contribution in [0, 0.1) is 13.8 Å². The smallest absolute Gasteiger partial charge is 0.162 e. The van der Waals surface area contributed by atoms with Crippen LogP contribution in [0.2, 0.25) is 0 Å². The molecule has 10 heteroatoms. The highest BCUT2D eigenvalue weighted by Gasteiger charge is 2.26. The standard InChI is InChI=1S/C26H35FN6O3/c1-17-15-33(11-10-32(17)9-8-27)24-13-23(25-18(2)31-36-19(25)3)29-26(30-24)20-6-5-7-22(12-20)35-16-21(34)14-28-4/h5-7,12-13,17,21,28,34H,8-11,14-16H2,1-4H3/t17-,21?/m1/s1. The third-order valence-corrected chi connectivity index (χ3v) is 6.44. The van der Waals surface area contributed by atoms with Crippen LogP contribution in [0.3, 0.4) is 0 Å². The van der Waals surface area contributed by atoms with Gasteiger partial charge in [0.15, 0.2) is 5.82 Å². The average molecular weight is 499 g/mol. The monoisotopic (exact) mass is 498 g/mol. The highest BCUT2D eigenvalue weighted by Crippen LogP contribution is 2.32. The number of aliphatic hydroxyl groups excluding tert-OH is 1. The molecule has 1 fully saturated rings. The lowest BCUT2D eigenvalue weighted by Gasteiger charge is -2.40. The second-order valence-electron chi connectivity index (χ2n) is 9.20. The van der Waals surface area contributed by atoms with E-state index in [0.29, 0.717) is 30.4 Å². The molecule has 4 rings (SSSR count). The fourth-order valence-corrected chi connectivity index (χ4v) is 4.56. The number of ether oxygens (including phenoxy) is 1. The summed E-state index contributed by atoms with van der Waals surface area (Å²) in [5.41, 5.74) is 3.15. The van der Waals surface area contributed by atoms with Crippen molar-refractivity contribution in [2.75, 3.05) is 58.0 Å². The molecule has 0 spiro atoms. The zero-order chi connectivity index (χ0) is 25.7. The van der Waals surface area contributed by atoms with Crippen LogP contribution in [-0.4, -0.2) is 90.3 Å². The van der Waals surface area contributed by atoms with E-state index in [4.69, 9.17) is 19.2 Å². The zero-order valence-electron chi connectivity index (χ0n) is 21.4. The second-order valence-corrected chi connectivity index (χ2v) is 9.20. The van der Waals surface area contributed by atoms with Crippen LogP contribution >= 0.6 is 0 Å². The van der Waals surface area contributed by atoms with Crippen LogP contribution in [0.4, 0.5) is 10.2 Å². The number of hydrogen-bond acceptors (Lipinski definition) is 9. The Labute approximate surface area is 211 Å². The summed E-state index contributed by atoms with van der Waals surface area (Å²) in [4.78, 5) is 14.2. The number of nitrogens with one attached hydrogen (secondary N) is 1. The molecule has 1 aliphatic heterocycles. The fraction of sp³-hybridized carbons (Fsp3) is 0.500. The molecule has 36 heavy (non-hydrogen) atoms. The summed E-state index contributed by atoms with van der Waals surface area (Å²) in [7, 11) is 1.78. The van der Waals surface area contributed by atoms with E-state index in [1.807, 2.05) is 44.2 Å². The molecule has 1 unspecified atom stereocenters. The molecule has 9 nitrogen and oxygen atoms in total. The number of anilines is 1. The normalized spacial score (nSPS) is 17.4. The Bertz CT molecular complexity index is 1140. The number of likely N-dealkylation sites (N-methyl/N-ethyl adjacent to an activating group) is 1. The van der Waals surface area contributed by atoms with Gasteiger partial charge < -0.3 is 24.6 Å². The topological polar surface area (TPSA) is 99.8 Å². The maximum atomic E-state index is 12.9. The van der Waals surface area contributed by atoms with Crippen LogP contribution in [0.25, 0.3) is 22.6 Å². The van der Waals surface area contributed by atoms with Gasteiger partial charge in [-0.15, -0.1) is 0 Å². The molecule has 1 saturated heterocycles. The van der Waals surface area contributed by atoms with Gasteiger partial charge in [0.25, 0.3) is 0 Å². The largest absolute Gasteiger partial charge is 0.491 e. The van der Waals surface area contributed by atoms with Crippen molar-refractivity contribution in [1.29, 1.82) is 0 Å². The van der Waals surface area contributed by atoms with Crippen molar-refractivity contribution >= 4 is 5.82 Å². The Morgan fingerprint density at radius 2 is 2.08 bits per heavy atom. The number of halogens is 1. The molecule has 2 atom stereocenters. The van der Waals surface area contributed by atoms with Crippen LogP contribution in [0.15, 0.2) is 34.9 Å². The summed E-state index contributed by atoms with van der Waals surface area (Å²) < 4.78 is 24.2. The maximum absolute atomic E-state index is 12.9. The van der Waals surface area contributed by atoms with Gasteiger partial charge in [0, 0.05) is 50.4 Å². The predicted octanol–water partition coefficient (Wildman–Crippen LogP) is 2.85. The van der Waals surface area contributed by atoms with Crippen LogP contribution in [0.5, 0.6) is 5.75 Å². The first-order valence-electron chi connectivity index (χ1n) is 12.3. The molecule has 0 bridgehead atoms. The summed E-state index contributed by atoms with van der Waals surface area (Å²) in [6.07, 6.45) is -0.609. The van der Waals surface area contributed by atoms with Gasteiger partial charge in [-0.3, -0.25) is 4.90 Å². The number of nitrogens with zero attached hydrogens (tertiary/aromatic N) is 5. The number of aliphatic hydroxyl groups is 1. The summed E-state index contributed by atoms with van der Waals surface area (Å²) in [6, 6.07) is 9.73. The number of benzene rings is 1. The molecule has 3 heterocycles. The van der Waals surface area contributed by atoms with Crippen molar-refractivity contribution in [2.24, 2.45) is 0 Å². The third kappa shape index (κ3) is 6.00. The minimum absolute atomic E-state index is 0.177. The fourth-order valence-electron chi connectivity index (χ4n) is 4.56. The molecule has 0 amide bonds. The highest BCUT2D eigenvalue weighted by atomic mass is 19.1. The van der Waals surface area contributed by atoms with Crippen molar-refractivity contribution in [3.8, 4) is 28.4 Å². The van der Waals surface area contributed by atoms with Crippen LogP contribution in [-0.2, 0) is 0 Å². The van der Waals surface area contributed by atoms with Gasteiger partial charge in [-0.25, -0.2) is 14.4 Å². The number of piperazine rings is 1. The molecular formula is C26H35FN6O3. The summed E-state index contributed by atoms with van der Waals surface area (Å²) >= 11 is 0. The molecular weight excluding hydrogens is 463 g/mol. The molecule has 1 aromatic carbocycles. The lowest BCUT2D eigenvalue weighted by atomic mass is 10.1. The molecule has 2 N–H and O–H groups in total. The molecule has 3 aromatic rings. The minimum atomic E-state index is -0.609. The number of hydrogen-bond donors (Lipinski definition) is 2. The Kier molecular flexibility index (Phi) is 8.50. The highest BCUT2D eigenvalue weighted by molar-refractivity contribution is 5.71. The Morgan fingerprint density at radius 1 is 1.25 bits per heavy atom. The first-order valence-corrected chi connectivity index (χ1v) is 12.3. The first kappa shape index (κ1) is 26.0. The average Bonchev–Trinajstić information content (AvgIpc) is 3.22. The Hall–Kier alpha value is -3.08. The van der Waals surface area contributed by atoms with E-state index in [0.717, 1.165) is 48.0 Å². The Morgan fingerprint density at radius 3 is 2.78 bits per heavy atom. The van der Waals surface area contributed by atoms with Crippen LogP contribution in [0.1, 0.15) is 18.4 Å². The molecule has 194 valence electrons. The van der Waals surface area contributed by atoms with E-state index in [9.17, 15) is 9.50 Å². The van der Waals surface area contributed by atoms with Gasteiger partial charge >= 0.3 is 0 Å². The first-order chi connectivity index (χ1) is 17.4. The molecule has 0 radical (unpaired) electrons. The summed E-state index contributed by atoms with van der Waals surface area (Å²) in [6.45, 7) is 8.87. The minimum Gasteiger partial charge on any atom is -0.491 e. The van der Waals surface area contributed by atoms with E-state index in [1.165, 1.54) is 0 Å². The summed E-state index contributed by atoms with van der Waals surface area (Å²) in [5.74, 6) is 2.68. The van der Waals surface area contributed by atoms with Crippen molar-refractivity contribution in [1.82, 2.24) is 25.3 Å². The van der Waals surface area contributed by atoms with E-state index in [1.54, 1.807) is 7.05 Å². The van der Waals surface area contributed by atoms with Gasteiger partial charge in [-0.05, 0) is 40.0 Å². The molecule has 0 saturated carbocycles. The third-order valence-electron chi connectivity index (χ3n) is 6.44. The number of alkyl halides is 1. The van der Waals surface area contributed by atoms with Gasteiger partial charge in [-0.1, -0.05) is 17.3 Å². The molecule has 2 aromatic heterocycles. The zero-order valence-corrected chi connectivity index (χ0v) is 21.4. The summed E-state index contributed by atoms with van der Waals surface area (Å²) in [5, 5.41) is 17.0. The lowest BCUT2D eigenvalue weighted by Crippen LogP contribution is -2.52. The van der Waals surface area contributed by atoms with E-state index in [-0.39, 0.29) is 19.3 Å². The van der Waals surface area contributed by atoms with Crippen molar-refractivity contribution in [2.45, 2.75) is 32.9 Å². The van der Waals surface area contributed by atoms with Crippen molar-refractivity contribution in [3.05, 3.63) is 41.8 Å². The van der Waals surface area contributed by atoms with Crippen molar-refractivity contribution in [3.63, 3.8) is 0 Å². The lowest BCUT2D eigenvalue weighted by molar-refractivity contribution is 0.108. The number of aromatic nitrogens is 3. The van der Waals surface area contributed by atoms with Gasteiger partial charge in [0.05, 0.1) is 17.0 Å². The van der Waals surface area contributed by atoms with Gasteiger partial charge in [0.1, 0.15) is 36.7 Å². The van der Waals surface area contributed by atoms with Crippen LogP contribution < -0.4 is 15.0 Å². The Balaban J connectivity index is 1.68. The number of aryl methyl sites for hydroxylation is 2. The SMILES string of the molecule is CNCC(O)COc1cccc(-c2nc(-c3c(C)noc3C)cc(N3CCN(CCF)[C@H](C)C3)n2)c1. The maximum Gasteiger partial charge on any atom is 0.162 e. The predicted molar refractivity (Wildman–Crippen MR) is 137 cm³/mol. The molecule has 1 aliphatic rings. The number of rotatable bonds is 10. The second kappa shape index (κ2) is 11.8. The van der Waals surface area contributed by atoms with E-state index in [2.05, 4.69) is 27.2 Å². The quantitative estimate of drug-likeness (QED) is 0.437. The van der Waals surface area contributed by atoms with E-state index >= 15 is 0 Å². The van der Waals surface area contributed by atoms with Crippen molar-refractivity contribution < 1.29 is 18.8 Å². The molecule has 0 aliphatic carbocycles.